The van der Waals surface area contributed by atoms with Gasteiger partial charge in [-0.2, -0.15) is 0 Å². The highest BCUT2D eigenvalue weighted by atomic mass is 35.5. The number of sulfonamides is 1. The van der Waals surface area contributed by atoms with Crippen molar-refractivity contribution < 1.29 is 8.42 Å². The fourth-order valence-electron chi connectivity index (χ4n) is 2.31. The summed E-state index contributed by atoms with van der Waals surface area (Å²) in [7, 11) is -3.51. The number of nitrogens with zero attached hydrogens (tertiary/aromatic N) is 1. The summed E-state index contributed by atoms with van der Waals surface area (Å²) >= 11 is 0. The molecule has 1 atom stereocenters. The van der Waals surface area contributed by atoms with Crippen LogP contribution in [0.5, 0.6) is 0 Å². The number of hydrogen-bond acceptors (Lipinski definition) is 4. The lowest BCUT2D eigenvalue weighted by Crippen LogP contribution is -2.40. The minimum atomic E-state index is -3.51. The van der Waals surface area contributed by atoms with E-state index in [1.54, 1.807) is 30.6 Å². The van der Waals surface area contributed by atoms with Crippen molar-refractivity contribution in [3.63, 3.8) is 0 Å². The van der Waals surface area contributed by atoms with E-state index in [2.05, 4.69) is 28.9 Å². The van der Waals surface area contributed by atoms with Gasteiger partial charge in [-0.1, -0.05) is 19.9 Å². The van der Waals surface area contributed by atoms with Crippen molar-refractivity contribution in [3.8, 4) is 0 Å². The molecule has 1 aromatic heterocycles. The molecule has 0 bridgehead atoms. The second-order valence-corrected chi connectivity index (χ2v) is 8.01. The van der Waals surface area contributed by atoms with Gasteiger partial charge in [-0.25, -0.2) is 13.1 Å². The van der Waals surface area contributed by atoms with E-state index in [1.807, 2.05) is 13.0 Å². The van der Waals surface area contributed by atoms with Crippen LogP contribution in [0.25, 0.3) is 10.8 Å². The Morgan fingerprint density at radius 2 is 1.88 bits per heavy atom. The van der Waals surface area contributed by atoms with E-state index < -0.39 is 10.0 Å². The Hall–Kier alpha value is -1.21. The molecule has 1 unspecified atom stereocenters. The summed E-state index contributed by atoms with van der Waals surface area (Å²) in [6.45, 7) is 7.72. The van der Waals surface area contributed by atoms with Gasteiger partial charge in [0.15, 0.2) is 0 Å². The Morgan fingerprint density at radius 3 is 2.58 bits per heavy atom. The molecule has 5 nitrogen and oxygen atoms in total. The second kappa shape index (κ2) is 9.32. The molecule has 0 fully saturated rings. The third kappa shape index (κ3) is 6.02. The summed E-state index contributed by atoms with van der Waals surface area (Å²) in [6.07, 6.45) is 4.46. The Bertz CT molecular complexity index is 750. The van der Waals surface area contributed by atoms with Crippen LogP contribution in [0.3, 0.4) is 0 Å². The summed E-state index contributed by atoms with van der Waals surface area (Å²) in [6, 6.07) is 6.72. The lowest BCUT2D eigenvalue weighted by molar-refractivity contribution is 0.501. The average Bonchev–Trinajstić information content (AvgIpc) is 2.50. The van der Waals surface area contributed by atoms with E-state index in [9.17, 15) is 8.42 Å². The fourth-order valence-corrected chi connectivity index (χ4v) is 3.59. The highest BCUT2D eigenvalue weighted by Gasteiger charge is 2.17. The van der Waals surface area contributed by atoms with Crippen molar-refractivity contribution in [1.82, 2.24) is 15.0 Å². The largest absolute Gasteiger partial charge is 0.315 e. The predicted molar refractivity (Wildman–Crippen MR) is 101 cm³/mol. The minimum Gasteiger partial charge on any atom is -0.315 e. The van der Waals surface area contributed by atoms with E-state index in [0.717, 1.165) is 23.7 Å². The molecule has 0 aliphatic heterocycles. The Morgan fingerprint density at radius 1 is 1.12 bits per heavy atom. The van der Waals surface area contributed by atoms with E-state index >= 15 is 0 Å². The summed E-state index contributed by atoms with van der Waals surface area (Å²) in [4.78, 5) is 4.32. The fraction of sp³-hybridized carbons (Fsp3) is 0.471. The third-order valence-electron chi connectivity index (χ3n) is 3.63. The van der Waals surface area contributed by atoms with Crippen molar-refractivity contribution in [2.24, 2.45) is 5.92 Å². The van der Waals surface area contributed by atoms with Gasteiger partial charge in [-0.3, -0.25) is 4.98 Å². The van der Waals surface area contributed by atoms with Crippen molar-refractivity contribution in [2.45, 2.75) is 38.1 Å². The van der Waals surface area contributed by atoms with E-state index in [1.165, 1.54) is 0 Å². The molecule has 1 heterocycles. The van der Waals surface area contributed by atoms with Crippen LogP contribution in [0.15, 0.2) is 41.6 Å². The molecule has 0 saturated carbocycles. The van der Waals surface area contributed by atoms with Gasteiger partial charge in [-0.05, 0) is 49.4 Å². The quantitative estimate of drug-likeness (QED) is 0.700. The molecule has 0 spiro atoms. The summed E-state index contributed by atoms with van der Waals surface area (Å²) < 4.78 is 27.7. The van der Waals surface area contributed by atoms with Crippen LogP contribution in [0, 0.1) is 5.92 Å². The lowest BCUT2D eigenvalue weighted by Gasteiger charge is -2.16. The maximum atomic E-state index is 12.5. The zero-order chi connectivity index (χ0) is 16.9. The molecule has 0 aliphatic rings. The number of halogens is 1. The van der Waals surface area contributed by atoms with E-state index in [-0.39, 0.29) is 23.3 Å². The molecule has 7 heteroatoms. The number of benzene rings is 1. The summed E-state index contributed by atoms with van der Waals surface area (Å²) in [5.74, 6) is 0.640. The minimum absolute atomic E-state index is 0. The summed E-state index contributed by atoms with van der Waals surface area (Å²) in [5.41, 5.74) is 0. The van der Waals surface area contributed by atoms with Gasteiger partial charge in [0, 0.05) is 30.4 Å². The molecular weight excluding hydrogens is 346 g/mol. The average molecular weight is 372 g/mol. The molecule has 0 radical (unpaired) electrons. The van der Waals surface area contributed by atoms with Crippen LogP contribution in [0.4, 0.5) is 0 Å². The first-order valence-corrected chi connectivity index (χ1v) is 9.43. The van der Waals surface area contributed by atoms with Crippen LogP contribution in [-0.4, -0.2) is 32.5 Å². The molecule has 2 rings (SSSR count). The van der Waals surface area contributed by atoms with E-state index in [0.29, 0.717) is 12.5 Å². The molecule has 0 aliphatic carbocycles. The number of hydrogen-bond donors (Lipinski definition) is 2. The van der Waals surface area contributed by atoms with Gasteiger partial charge in [0.1, 0.15) is 0 Å². The molecule has 134 valence electrons. The molecule has 2 N–H and O–H groups in total. The van der Waals surface area contributed by atoms with Gasteiger partial charge in [0.2, 0.25) is 10.0 Å². The Labute approximate surface area is 150 Å². The molecule has 0 saturated heterocycles. The molecule has 24 heavy (non-hydrogen) atoms. The zero-order valence-corrected chi connectivity index (χ0v) is 16.0. The molecule has 2 aromatic rings. The van der Waals surface area contributed by atoms with Crippen molar-refractivity contribution >= 4 is 33.2 Å². The van der Waals surface area contributed by atoms with Gasteiger partial charge in [0.05, 0.1) is 4.90 Å². The van der Waals surface area contributed by atoms with Crippen LogP contribution < -0.4 is 10.0 Å². The Balaban J connectivity index is 0.00000288. The van der Waals surface area contributed by atoms with Gasteiger partial charge < -0.3 is 5.32 Å². The number of aromatic nitrogens is 1. The molecular formula is C17H26ClN3O2S. The highest BCUT2D eigenvalue weighted by molar-refractivity contribution is 7.89. The SMILES string of the molecule is CC(C)CCNCC(C)NS(=O)(=O)c1ccc2cnccc2c1.Cl. The van der Waals surface area contributed by atoms with Crippen LogP contribution in [-0.2, 0) is 10.0 Å². The van der Waals surface area contributed by atoms with Gasteiger partial charge in [-0.15, -0.1) is 12.4 Å². The number of pyridine rings is 1. The first-order chi connectivity index (χ1) is 10.9. The monoisotopic (exact) mass is 371 g/mol. The number of rotatable bonds is 8. The normalized spacial score (nSPS) is 13.0. The second-order valence-electron chi connectivity index (χ2n) is 6.29. The molecule has 1 aromatic carbocycles. The standard InChI is InChI=1S/C17H25N3O2S.ClH/c1-13(2)6-8-18-11-14(3)20-23(21,22)17-5-4-16-12-19-9-7-15(16)10-17;/h4-5,7,9-10,12-14,18,20H,6,8,11H2,1-3H3;1H. The third-order valence-corrected chi connectivity index (χ3v) is 5.21. The van der Waals surface area contributed by atoms with Crippen LogP contribution in [0.2, 0.25) is 0 Å². The predicted octanol–water partition coefficient (Wildman–Crippen LogP) is 2.96. The van der Waals surface area contributed by atoms with Crippen molar-refractivity contribution in [1.29, 1.82) is 0 Å². The van der Waals surface area contributed by atoms with Gasteiger partial charge in [0.25, 0.3) is 0 Å². The first kappa shape index (κ1) is 20.8. The maximum absolute atomic E-state index is 12.5. The highest BCUT2D eigenvalue weighted by Crippen LogP contribution is 2.18. The van der Waals surface area contributed by atoms with Crippen LogP contribution in [0.1, 0.15) is 27.2 Å². The topological polar surface area (TPSA) is 71.1 Å². The molecule has 0 amide bonds. The van der Waals surface area contributed by atoms with Gasteiger partial charge >= 0.3 is 0 Å². The summed E-state index contributed by atoms with van der Waals surface area (Å²) in [5, 5.41) is 5.08. The number of fused-ring (bicyclic) bond motifs is 1. The number of nitrogens with one attached hydrogen (secondary N) is 2. The van der Waals surface area contributed by atoms with E-state index in [4.69, 9.17) is 0 Å². The first-order valence-electron chi connectivity index (χ1n) is 7.95. The van der Waals surface area contributed by atoms with Crippen molar-refractivity contribution in [3.05, 3.63) is 36.7 Å². The van der Waals surface area contributed by atoms with Crippen molar-refractivity contribution in [2.75, 3.05) is 13.1 Å². The maximum Gasteiger partial charge on any atom is 0.240 e. The zero-order valence-electron chi connectivity index (χ0n) is 14.3. The Kier molecular flexibility index (Phi) is 8.09. The van der Waals surface area contributed by atoms with Crippen LogP contribution >= 0.6 is 12.4 Å². The smallest absolute Gasteiger partial charge is 0.240 e. The lowest BCUT2D eigenvalue weighted by atomic mass is 10.1.